The van der Waals surface area contributed by atoms with Gasteiger partial charge in [-0.2, -0.15) is 0 Å². The Bertz CT molecular complexity index is 210. The number of nitrogens with two attached hydrogens (primary N) is 1. The standard InChI is InChI=1S/C7H12N2S.ClH/c1-5(2)7-6(3-8)10-4-9-7;/h4-5H,3,8H2,1-2H3;1H. The second-order valence-electron chi connectivity index (χ2n) is 2.52. The fourth-order valence-corrected chi connectivity index (χ4v) is 1.70. The van der Waals surface area contributed by atoms with E-state index in [0.717, 1.165) is 5.69 Å². The van der Waals surface area contributed by atoms with Crippen molar-refractivity contribution in [2.75, 3.05) is 0 Å². The molecule has 1 aromatic heterocycles. The van der Waals surface area contributed by atoms with Crippen LogP contribution >= 0.6 is 23.7 Å². The zero-order chi connectivity index (χ0) is 7.56. The van der Waals surface area contributed by atoms with E-state index < -0.39 is 0 Å². The van der Waals surface area contributed by atoms with Gasteiger partial charge in [0.15, 0.2) is 0 Å². The number of aromatic nitrogens is 1. The molecule has 0 fully saturated rings. The van der Waals surface area contributed by atoms with Crippen LogP contribution in [0.15, 0.2) is 5.51 Å². The Kier molecular flexibility index (Phi) is 4.65. The zero-order valence-electron chi connectivity index (χ0n) is 6.70. The Morgan fingerprint density at radius 3 is 2.64 bits per heavy atom. The Labute approximate surface area is 77.2 Å². The van der Waals surface area contributed by atoms with Crippen molar-refractivity contribution >= 4 is 23.7 Å². The number of halogens is 1. The summed E-state index contributed by atoms with van der Waals surface area (Å²) in [5.74, 6) is 0.504. The highest BCUT2D eigenvalue weighted by molar-refractivity contribution is 7.09. The lowest BCUT2D eigenvalue weighted by molar-refractivity contribution is 0.813. The highest BCUT2D eigenvalue weighted by Gasteiger charge is 2.06. The smallest absolute Gasteiger partial charge is 0.0798 e. The molecule has 1 rings (SSSR count). The van der Waals surface area contributed by atoms with E-state index in [1.54, 1.807) is 11.3 Å². The number of hydrogen-bond donors (Lipinski definition) is 1. The molecular weight excluding hydrogens is 180 g/mol. The minimum atomic E-state index is 0. The summed E-state index contributed by atoms with van der Waals surface area (Å²) in [6.45, 7) is 4.89. The van der Waals surface area contributed by atoms with Gasteiger partial charge in [0.05, 0.1) is 11.2 Å². The van der Waals surface area contributed by atoms with Gasteiger partial charge >= 0.3 is 0 Å². The molecular formula is C7H13ClN2S. The van der Waals surface area contributed by atoms with E-state index in [9.17, 15) is 0 Å². The quantitative estimate of drug-likeness (QED) is 0.780. The Morgan fingerprint density at radius 2 is 2.27 bits per heavy atom. The van der Waals surface area contributed by atoms with Gasteiger partial charge < -0.3 is 5.73 Å². The number of nitrogens with zero attached hydrogens (tertiary/aromatic N) is 1. The van der Waals surface area contributed by atoms with Crippen molar-refractivity contribution in [1.29, 1.82) is 0 Å². The first-order valence-electron chi connectivity index (χ1n) is 3.38. The van der Waals surface area contributed by atoms with E-state index in [0.29, 0.717) is 12.5 Å². The zero-order valence-corrected chi connectivity index (χ0v) is 8.34. The van der Waals surface area contributed by atoms with Gasteiger partial charge in [-0.1, -0.05) is 13.8 Å². The Balaban J connectivity index is 0.000001000. The maximum atomic E-state index is 5.50. The van der Waals surface area contributed by atoms with Crippen LogP contribution < -0.4 is 5.73 Å². The van der Waals surface area contributed by atoms with Crippen molar-refractivity contribution in [3.63, 3.8) is 0 Å². The normalized spacial score (nSPS) is 9.82. The van der Waals surface area contributed by atoms with Gasteiger partial charge in [0.1, 0.15) is 0 Å². The molecule has 64 valence electrons. The third kappa shape index (κ3) is 2.43. The maximum Gasteiger partial charge on any atom is 0.0798 e. The summed E-state index contributed by atoms with van der Waals surface area (Å²) in [6, 6.07) is 0. The Morgan fingerprint density at radius 1 is 1.64 bits per heavy atom. The summed E-state index contributed by atoms with van der Waals surface area (Å²) in [5, 5.41) is 0. The summed E-state index contributed by atoms with van der Waals surface area (Å²) in [4.78, 5) is 5.44. The molecule has 0 aromatic carbocycles. The maximum absolute atomic E-state index is 5.50. The van der Waals surface area contributed by atoms with Crippen LogP contribution in [0.2, 0.25) is 0 Å². The van der Waals surface area contributed by atoms with Gasteiger partial charge in [-0.25, -0.2) is 4.98 Å². The molecule has 0 aliphatic heterocycles. The average Bonchev–Trinajstić information content (AvgIpc) is 2.33. The van der Waals surface area contributed by atoms with Crippen LogP contribution in [-0.4, -0.2) is 4.98 Å². The molecule has 0 aliphatic carbocycles. The minimum Gasteiger partial charge on any atom is -0.326 e. The fourth-order valence-electron chi connectivity index (χ4n) is 0.903. The molecule has 0 radical (unpaired) electrons. The highest BCUT2D eigenvalue weighted by Crippen LogP contribution is 2.20. The lowest BCUT2D eigenvalue weighted by Gasteiger charge is -2.01. The van der Waals surface area contributed by atoms with E-state index in [-0.39, 0.29) is 12.4 Å². The SMILES string of the molecule is CC(C)c1ncsc1CN.Cl. The van der Waals surface area contributed by atoms with E-state index in [2.05, 4.69) is 18.8 Å². The van der Waals surface area contributed by atoms with E-state index in [1.807, 2.05) is 5.51 Å². The number of hydrogen-bond acceptors (Lipinski definition) is 3. The molecule has 4 heteroatoms. The van der Waals surface area contributed by atoms with Gasteiger partial charge in [0.25, 0.3) is 0 Å². The monoisotopic (exact) mass is 192 g/mol. The van der Waals surface area contributed by atoms with Gasteiger partial charge in [-0.15, -0.1) is 23.7 Å². The van der Waals surface area contributed by atoms with Crippen LogP contribution in [0.25, 0.3) is 0 Å². The molecule has 0 spiro atoms. The minimum absolute atomic E-state index is 0. The molecule has 1 heterocycles. The van der Waals surface area contributed by atoms with Crippen LogP contribution in [0.1, 0.15) is 30.3 Å². The fraction of sp³-hybridized carbons (Fsp3) is 0.571. The summed E-state index contributed by atoms with van der Waals surface area (Å²) in [7, 11) is 0. The molecule has 0 saturated carbocycles. The molecule has 2 N–H and O–H groups in total. The van der Waals surface area contributed by atoms with Crippen molar-refractivity contribution in [3.05, 3.63) is 16.1 Å². The number of rotatable bonds is 2. The lowest BCUT2D eigenvalue weighted by Crippen LogP contribution is -1.99. The van der Waals surface area contributed by atoms with E-state index in [1.165, 1.54) is 4.88 Å². The van der Waals surface area contributed by atoms with Crippen molar-refractivity contribution in [2.45, 2.75) is 26.3 Å². The predicted molar refractivity (Wildman–Crippen MR) is 51.3 cm³/mol. The summed E-state index contributed by atoms with van der Waals surface area (Å²) in [5.41, 5.74) is 8.52. The molecule has 0 bridgehead atoms. The predicted octanol–water partition coefficient (Wildman–Crippen LogP) is 2.15. The highest BCUT2D eigenvalue weighted by atomic mass is 35.5. The summed E-state index contributed by atoms with van der Waals surface area (Å²) in [6.07, 6.45) is 0. The first-order valence-corrected chi connectivity index (χ1v) is 4.26. The van der Waals surface area contributed by atoms with Crippen molar-refractivity contribution in [1.82, 2.24) is 4.98 Å². The second kappa shape index (κ2) is 4.70. The molecule has 11 heavy (non-hydrogen) atoms. The van der Waals surface area contributed by atoms with Crippen LogP contribution in [0.5, 0.6) is 0 Å². The van der Waals surface area contributed by atoms with E-state index in [4.69, 9.17) is 5.73 Å². The number of thiazole rings is 1. The van der Waals surface area contributed by atoms with Crippen LogP contribution in [0, 0.1) is 0 Å². The third-order valence-corrected chi connectivity index (χ3v) is 2.28. The van der Waals surface area contributed by atoms with Crippen LogP contribution in [0.3, 0.4) is 0 Å². The average molecular weight is 193 g/mol. The van der Waals surface area contributed by atoms with Crippen molar-refractivity contribution in [3.8, 4) is 0 Å². The summed E-state index contributed by atoms with van der Waals surface area (Å²) >= 11 is 1.64. The first-order chi connectivity index (χ1) is 4.75. The Hall–Kier alpha value is -0.120. The second-order valence-corrected chi connectivity index (χ2v) is 3.46. The molecule has 0 amide bonds. The van der Waals surface area contributed by atoms with Crippen LogP contribution in [-0.2, 0) is 6.54 Å². The first kappa shape index (κ1) is 10.9. The van der Waals surface area contributed by atoms with Gasteiger partial charge in [-0.3, -0.25) is 0 Å². The van der Waals surface area contributed by atoms with Crippen LogP contribution in [0.4, 0.5) is 0 Å². The molecule has 0 atom stereocenters. The van der Waals surface area contributed by atoms with Gasteiger partial charge in [0.2, 0.25) is 0 Å². The summed E-state index contributed by atoms with van der Waals surface area (Å²) < 4.78 is 0. The molecule has 1 aromatic rings. The molecule has 2 nitrogen and oxygen atoms in total. The van der Waals surface area contributed by atoms with Crippen molar-refractivity contribution < 1.29 is 0 Å². The topological polar surface area (TPSA) is 38.9 Å². The molecule has 0 unspecified atom stereocenters. The van der Waals surface area contributed by atoms with E-state index >= 15 is 0 Å². The largest absolute Gasteiger partial charge is 0.326 e. The van der Waals surface area contributed by atoms with Gasteiger partial charge in [0, 0.05) is 11.4 Å². The molecule has 0 saturated heterocycles. The van der Waals surface area contributed by atoms with Crippen molar-refractivity contribution in [2.24, 2.45) is 5.73 Å². The molecule has 0 aliphatic rings. The lowest BCUT2D eigenvalue weighted by atomic mass is 10.1. The third-order valence-electron chi connectivity index (χ3n) is 1.40. The van der Waals surface area contributed by atoms with Gasteiger partial charge in [-0.05, 0) is 5.92 Å².